The fourth-order valence-electron chi connectivity index (χ4n) is 3.55. The quantitative estimate of drug-likeness (QED) is 0.748. The second-order valence-corrected chi connectivity index (χ2v) is 7.74. The van der Waals surface area contributed by atoms with Crippen molar-refractivity contribution >= 4 is 34.6 Å². The molecule has 0 spiro atoms. The second-order valence-electron chi connectivity index (χ2n) is 7.33. The highest BCUT2D eigenvalue weighted by Gasteiger charge is 2.23. The molecule has 2 aromatic rings. The molecule has 0 aliphatic carbocycles. The van der Waals surface area contributed by atoms with E-state index in [9.17, 15) is 4.79 Å². The van der Waals surface area contributed by atoms with Crippen LogP contribution in [-0.2, 0) is 4.79 Å². The molecule has 142 valence electrons. The van der Waals surface area contributed by atoms with E-state index < -0.39 is 0 Å². The number of carbonyl (C=O) groups is 1. The number of hydrogen-bond donors (Lipinski definition) is 2. The van der Waals surface area contributed by atoms with E-state index in [1.807, 2.05) is 30.0 Å². The zero-order chi connectivity index (χ0) is 19.6. The predicted octanol–water partition coefficient (Wildman–Crippen LogP) is 4.79. The van der Waals surface area contributed by atoms with E-state index in [2.05, 4.69) is 49.6 Å². The highest BCUT2D eigenvalue weighted by molar-refractivity contribution is 7.80. The topological polar surface area (TPSA) is 44.4 Å². The van der Waals surface area contributed by atoms with Crippen LogP contribution in [0.2, 0.25) is 0 Å². The average molecular weight is 382 g/mol. The predicted molar refractivity (Wildman–Crippen MR) is 116 cm³/mol. The van der Waals surface area contributed by atoms with Crippen LogP contribution >= 0.6 is 12.2 Å². The Balaban J connectivity index is 1.70. The van der Waals surface area contributed by atoms with Gasteiger partial charge in [0.1, 0.15) is 0 Å². The van der Waals surface area contributed by atoms with Crippen LogP contribution in [0.4, 0.5) is 11.4 Å². The molecule has 1 aliphatic heterocycles. The lowest BCUT2D eigenvalue weighted by atomic mass is 10.0. The molecule has 3 rings (SSSR count). The molecule has 2 aromatic carbocycles. The molecule has 0 radical (unpaired) electrons. The summed E-state index contributed by atoms with van der Waals surface area (Å²) in [5.41, 5.74) is 6.67. The lowest BCUT2D eigenvalue weighted by molar-refractivity contribution is -0.117. The van der Waals surface area contributed by atoms with E-state index >= 15 is 0 Å². The maximum atomic E-state index is 12.1. The van der Waals surface area contributed by atoms with Gasteiger partial charge in [0.2, 0.25) is 5.91 Å². The summed E-state index contributed by atoms with van der Waals surface area (Å²) in [5, 5.41) is 7.20. The lowest BCUT2D eigenvalue weighted by Crippen LogP contribution is -2.31. The smallest absolute Gasteiger partial charge is 0.227 e. The van der Waals surface area contributed by atoms with Crippen LogP contribution < -0.4 is 15.5 Å². The van der Waals surface area contributed by atoms with Gasteiger partial charge in [0.25, 0.3) is 0 Å². The summed E-state index contributed by atoms with van der Waals surface area (Å²) in [6.07, 6.45) is 1.55. The van der Waals surface area contributed by atoms with Gasteiger partial charge in [-0.3, -0.25) is 4.79 Å². The van der Waals surface area contributed by atoms with Gasteiger partial charge in [-0.25, -0.2) is 0 Å². The molecule has 0 unspecified atom stereocenters. The van der Waals surface area contributed by atoms with Gasteiger partial charge in [0.15, 0.2) is 5.11 Å². The summed E-state index contributed by atoms with van der Waals surface area (Å²) in [6, 6.07) is 12.6. The third-order valence-electron chi connectivity index (χ3n) is 5.08. The highest BCUT2D eigenvalue weighted by Crippen LogP contribution is 2.28. The zero-order valence-electron chi connectivity index (χ0n) is 16.4. The number of thiocarbonyl (C=S) groups is 1. The Hall–Kier alpha value is -2.40. The monoisotopic (exact) mass is 381 g/mol. The van der Waals surface area contributed by atoms with E-state index in [1.54, 1.807) is 0 Å². The van der Waals surface area contributed by atoms with Crippen LogP contribution in [-0.4, -0.2) is 17.6 Å². The molecule has 5 heteroatoms. The first-order valence-corrected chi connectivity index (χ1v) is 9.81. The van der Waals surface area contributed by atoms with Crippen LogP contribution in [0, 0.1) is 20.8 Å². The Kier molecular flexibility index (Phi) is 5.80. The van der Waals surface area contributed by atoms with Crippen molar-refractivity contribution in [1.82, 2.24) is 5.32 Å². The van der Waals surface area contributed by atoms with E-state index in [-0.39, 0.29) is 11.9 Å². The molecule has 0 aromatic heterocycles. The van der Waals surface area contributed by atoms with Gasteiger partial charge >= 0.3 is 0 Å². The number of benzene rings is 2. The van der Waals surface area contributed by atoms with E-state index in [0.717, 1.165) is 29.9 Å². The summed E-state index contributed by atoms with van der Waals surface area (Å²) in [6.45, 7) is 9.14. The van der Waals surface area contributed by atoms with Crippen molar-refractivity contribution in [2.24, 2.45) is 0 Å². The van der Waals surface area contributed by atoms with Gasteiger partial charge in [0, 0.05) is 24.3 Å². The molecule has 27 heavy (non-hydrogen) atoms. The molecule has 1 atom stereocenters. The number of anilines is 2. The minimum absolute atomic E-state index is 0.106. The molecule has 1 aliphatic rings. The molecule has 1 fully saturated rings. The summed E-state index contributed by atoms with van der Waals surface area (Å²) in [7, 11) is 0. The van der Waals surface area contributed by atoms with Gasteiger partial charge < -0.3 is 15.5 Å². The Bertz CT molecular complexity index is 878. The van der Waals surface area contributed by atoms with Crippen molar-refractivity contribution in [2.45, 2.75) is 46.6 Å². The number of aryl methyl sites for hydroxylation is 3. The van der Waals surface area contributed by atoms with Crippen molar-refractivity contribution in [3.8, 4) is 0 Å². The van der Waals surface area contributed by atoms with Crippen LogP contribution in [0.5, 0.6) is 0 Å². The first-order chi connectivity index (χ1) is 12.8. The minimum Gasteiger partial charge on any atom is -0.356 e. The van der Waals surface area contributed by atoms with Gasteiger partial charge in [-0.2, -0.15) is 0 Å². The maximum Gasteiger partial charge on any atom is 0.227 e. The Morgan fingerprint density at radius 3 is 2.56 bits per heavy atom. The summed E-state index contributed by atoms with van der Waals surface area (Å²) in [5.74, 6) is 0.194. The highest BCUT2D eigenvalue weighted by atomic mass is 32.1. The molecule has 0 saturated carbocycles. The average Bonchev–Trinajstić information content (AvgIpc) is 3.04. The van der Waals surface area contributed by atoms with Crippen LogP contribution in [0.25, 0.3) is 0 Å². The van der Waals surface area contributed by atoms with Crippen LogP contribution in [0.15, 0.2) is 36.4 Å². The first kappa shape index (κ1) is 19.4. The SMILES string of the molecule is Cc1ccc(C)c([C@@H](C)NC(=S)Nc2ccc(C)c(N3CCCC3=O)c2)c1. The molecular formula is C22H27N3OS. The number of carbonyl (C=O) groups excluding carboxylic acids is 1. The van der Waals surface area contributed by atoms with E-state index in [4.69, 9.17) is 12.2 Å². The zero-order valence-corrected chi connectivity index (χ0v) is 17.2. The number of rotatable bonds is 4. The molecule has 1 heterocycles. The number of nitrogens with one attached hydrogen (secondary N) is 2. The number of amides is 1. The Morgan fingerprint density at radius 2 is 1.85 bits per heavy atom. The van der Waals surface area contributed by atoms with Gasteiger partial charge in [-0.15, -0.1) is 0 Å². The molecule has 4 nitrogen and oxygen atoms in total. The Labute approximate surface area is 167 Å². The number of hydrogen-bond acceptors (Lipinski definition) is 2. The third-order valence-corrected chi connectivity index (χ3v) is 5.30. The summed E-state index contributed by atoms with van der Waals surface area (Å²) >= 11 is 5.52. The van der Waals surface area contributed by atoms with Crippen molar-refractivity contribution in [3.63, 3.8) is 0 Å². The third kappa shape index (κ3) is 4.48. The lowest BCUT2D eigenvalue weighted by Gasteiger charge is -2.22. The molecule has 1 amide bonds. The molecule has 1 saturated heterocycles. The largest absolute Gasteiger partial charge is 0.356 e. The van der Waals surface area contributed by atoms with Crippen molar-refractivity contribution < 1.29 is 4.79 Å². The second kappa shape index (κ2) is 8.09. The Morgan fingerprint density at radius 1 is 1.11 bits per heavy atom. The van der Waals surface area contributed by atoms with E-state index in [0.29, 0.717) is 11.5 Å². The molecule has 0 bridgehead atoms. The van der Waals surface area contributed by atoms with Gasteiger partial charge in [0.05, 0.1) is 6.04 Å². The van der Waals surface area contributed by atoms with Crippen molar-refractivity contribution in [1.29, 1.82) is 0 Å². The summed E-state index contributed by atoms with van der Waals surface area (Å²) in [4.78, 5) is 14.0. The normalized spacial score (nSPS) is 15.0. The van der Waals surface area contributed by atoms with Crippen molar-refractivity contribution in [2.75, 3.05) is 16.8 Å². The fraction of sp³-hybridized carbons (Fsp3) is 0.364. The summed E-state index contributed by atoms with van der Waals surface area (Å²) < 4.78 is 0. The van der Waals surface area contributed by atoms with Crippen LogP contribution in [0.1, 0.15) is 48.1 Å². The van der Waals surface area contributed by atoms with Gasteiger partial charge in [-0.05, 0) is 75.2 Å². The van der Waals surface area contributed by atoms with E-state index in [1.165, 1.54) is 16.7 Å². The fourth-order valence-corrected chi connectivity index (χ4v) is 3.84. The maximum absolute atomic E-state index is 12.1. The molecular weight excluding hydrogens is 354 g/mol. The number of nitrogens with zero attached hydrogens (tertiary/aromatic N) is 1. The standard InChI is InChI=1S/C22H27N3OS/c1-14-7-8-15(2)19(12-14)17(4)23-22(27)24-18-10-9-16(3)20(13-18)25-11-5-6-21(25)26/h7-10,12-13,17H,5-6,11H2,1-4H3,(H2,23,24,27)/t17-/m1/s1. The minimum atomic E-state index is 0.106. The first-order valence-electron chi connectivity index (χ1n) is 9.41. The molecule has 2 N–H and O–H groups in total. The van der Waals surface area contributed by atoms with Crippen molar-refractivity contribution in [3.05, 3.63) is 58.7 Å². The van der Waals surface area contributed by atoms with Gasteiger partial charge in [-0.1, -0.05) is 29.8 Å². The van der Waals surface area contributed by atoms with Crippen LogP contribution in [0.3, 0.4) is 0 Å².